The minimum atomic E-state index is -1.15. The maximum absolute atomic E-state index is 12.7. The van der Waals surface area contributed by atoms with Gasteiger partial charge in [0.1, 0.15) is 0 Å². The van der Waals surface area contributed by atoms with Crippen molar-refractivity contribution in [2.24, 2.45) is 0 Å². The zero-order chi connectivity index (χ0) is 17.5. The summed E-state index contributed by atoms with van der Waals surface area (Å²) < 4.78 is 4.41. The number of rotatable bonds is 4. The third-order valence-corrected chi connectivity index (χ3v) is 3.12. The molecule has 2 amide bonds. The van der Waals surface area contributed by atoms with E-state index in [9.17, 15) is 14.4 Å². The predicted molar refractivity (Wildman–Crippen MR) is 85.3 cm³/mol. The quantitative estimate of drug-likeness (QED) is 0.281. The van der Waals surface area contributed by atoms with Gasteiger partial charge in [0, 0.05) is 5.56 Å². The van der Waals surface area contributed by atoms with E-state index < -0.39 is 23.5 Å². The van der Waals surface area contributed by atoms with Gasteiger partial charge in [-0.25, -0.2) is 9.69 Å². The molecule has 0 aromatic heterocycles. The number of esters is 1. The van der Waals surface area contributed by atoms with E-state index in [4.69, 9.17) is 5.53 Å². The van der Waals surface area contributed by atoms with Crippen molar-refractivity contribution in [1.82, 2.24) is 0 Å². The van der Waals surface area contributed by atoms with Gasteiger partial charge in [-0.3, -0.25) is 9.59 Å². The highest BCUT2D eigenvalue weighted by atomic mass is 16.5. The lowest BCUT2D eigenvalue weighted by Crippen LogP contribution is -2.44. The van der Waals surface area contributed by atoms with E-state index in [1.165, 1.54) is 24.3 Å². The number of carbonyl (C=O) groups excluding carboxylic acids is 3. The molecule has 0 heterocycles. The first kappa shape index (κ1) is 16.8. The number of nitrogens with zero attached hydrogens (tertiary/aromatic N) is 3. The number of amides is 2. The Kier molecular flexibility index (Phi) is 5.33. The third kappa shape index (κ3) is 3.43. The molecule has 0 N–H and O–H groups in total. The number of imide groups is 1. The summed E-state index contributed by atoms with van der Waals surface area (Å²) in [7, 11) is 1.03. The average molecular weight is 323 g/mol. The maximum Gasteiger partial charge on any atom is 0.463 e. The Balaban J connectivity index is 2.52. The zero-order valence-corrected chi connectivity index (χ0v) is 12.7. The average Bonchev–Trinajstić information content (AvgIpc) is 2.64. The molecule has 0 unspecified atom stereocenters. The second-order valence-corrected chi connectivity index (χ2v) is 4.59. The van der Waals surface area contributed by atoms with Crippen molar-refractivity contribution in [2.75, 3.05) is 12.0 Å². The largest absolute Gasteiger partial charge is 0.463 e. The van der Waals surface area contributed by atoms with Crippen LogP contribution in [0, 0.1) is 0 Å². The highest BCUT2D eigenvalue weighted by Crippen LogP contribution is 2.17. The molecule has 7 heteroatoms. The van der Waals surface area contributed by atoms with E-state index in [0.29, 0.717) is 0 Å². The minimum absolute atomic E-state index is 0.224. The molecular weight excluding hydrogens is 310 g/mol. The second-order valence-electron chi connectivity index (χ2n) is 4.59. The molecule has 0 radical (unpaired) electrons. The zero-order valence-electron chi connectivity index (χ0n) is 12.7. The number of benzene rings is 2. The van der Waals surface area contributed by atoms with Crippen LogP contribution in [-0.2, 0) is 14.3 Å². The van der Waals surface area contributed by atoms with Crippen LogP contribution in [0.15, 0.2) is 60.7 Å². The van der Waals surface area contributed by atoms with Gasteiger partial charge in [0.15, 0.2) is 0 Å². The maximum atomic E-state index is 12.7. The van der Waals surface area contributed by atoms with Crippen LogP contribution in [0.4, 0.5) is 5.69 Å². The van der Waals surface area contributed by atoms with E-state index in [0.717, 1.165) is 12.0 Å². The molecule has 0 aliphatic rings. The summed E-state index contributed by atoms with van der Waals surface area (Å²) in [6, 6.07) is 16.1. The number of anilines is 1. The summed E-state index contributed by atoms with van der Waals surface area (Å²) in [5.41, 5.74) is 8.53. The Morgan fingerprint density at radius 3 is 2.00 bits per heavy atom. The number of methoxy groups -OCH3 is 1. The van der Waals surface area contributed by atoms with Crippen molar-refractivity contribution in [3.8, 4) is 0 Å². The lowest BCUT2D eigenvalue weighted by Gasteiger charge is -2.18. The van der Waals surface area contributed by atoms with Crippen LogP contribution in [0.5, 0.6) is 0 Å². The Hall–Kier alpha value is -3.57. The molecule has 0 saturated carbocycles. The van der Waals surface area contributed by atoms with Gasteiger partial charge in [0.2, 0.25) is 0 Å². The van der Waals surface area contributed by atoms with Crippen molar-refractivity contribution in [3.05, 3.63) is 71.8 Å². The normalized spacial score (nSPS) is 9.54. The first-order chi connectivity index (χ1) is 11.6. The Morgan fingerprint density at radius 2 is 1.50 bits per heavy atom. The molecule has 2 aromatic rings. The van der Waals surface area contributed by atoms with Crippen molar-refractivity contribution < 1.29 is 23.9 Å². The van der Waals surface area contributed by atoms with Crippen LogP contribution < -0.4 is 4.90 Å². The third-order valence-electron chi connectivity index (χ3n) is 3.12. The van der Waals surface area contributed by atoms with E-state index >= 15 is 0 Å². The van der Waals surface area contributed by atoms with Gasteiger partial charge in [-0.15, -0.1) is 0 Å². The standard InChI is InChI=1S/C17H13N3O4/c1-24-17(23)14(19-18)16(22)20(13-10-6-3-7-11-13)15(21)12-8-4-2-5-9-12/h2-11H,1H3. The topological polar surface area (TPSA) is 100 Å². The summed E-state index contributed by atoms with van der Waals surface area (Å²) in [6.45, 7) is 0. The minimum Gasteiger partial charge on any atom is -0.460 e. The summed E-state index contributed by atoms with van der Waals surface area (Å²) in [4.78, 5) is 40.4. The molecule has 120 valence electrons. The number of hydrogen-bond acceptors (Lipinski definition) is 4. The SMILES string of the molecule is COC(=O)C(=[N+]=[N-])C(=O)N(C(=O)c1ccccc1)c1ccccc1. The van der Waals surface area contributed by atoms with Crippen LogP contribution in [0.25, 0.3) is 5.53 Å². The summed E-state index contributed by atoms with van der Waals surface area (Å²) in [5.74, 6) is -2.91. The van der Waals surface area contributed by atoms with E-state index in [2.05, 4.69) is 9.53 Å². The van der Waals surface area contributed by atoms with E-state index in [-0.39, 0.29) is 11.3 Å². The van der Waals surface area contributed by atoms with Crippen molar-refractivity contribution >= 4 is 29.2 Å². The van der Waals surface area contributed by atoms with E-state index in [1.54, 1.807) is 36.4 Å². The van der Waals surface area contributed by atoms with Crippen LogP contribution in [0.1, 0.15) is 10.4 Å². The lowest BCUT2D eigenvalue weighted by molar-refractivity contribution is -0.139. The van der Waals surface area contributed by atoms with Crippen molar-refractivity contribution in [3.63, 3.8) is 0 Å². The fraction of sp³-hybridized carbons (Fsp3) is 0.0588. The van der Waals surface area contributed by atoms with Gasteiger partial charge >= 0.3 is 17.6 Å². The smallest absolute Gasteiger partial charge is 0.460 e. The van der Waals surface area contributed by atoms with E-state index in [1.807, 2.05) is 0 Å². The van der Waals surface area contributed by atoms with Crippen LogP contribution >= 0.6 is 0 Å². The molecule has 0 fully saturated rings. The van der Waals surface area contributed by atoms with Gasteiger partial charge in [0.25, 0.3) is 5.91 Å². The number of ether oxygens (including phenoxy) is 1. The second kappa shape index (κ2) is 7.62. The van der Waals surface area contributed by atoms with Crippen LogP contribution in [0.2, 0.25) is 0 Å². The molecule has 0 bridgehead atoms. The highest BCUT2D eigenvalue weighted by Gasteiger charge is 2.39. The van der Waals surface area contributed by atoms with Crippen molar-refractivity contribution in [1.29, 1.82) is 0 Å². The molecule has 0 aliphatic heterocycles. The van der Waals surface area contributed by atoms with Crippen molar-refractivity contribution in [2.45, 2.75) is 0 Å². The Morgan fingerprint density at radius 1 is 0.958 bits per heavy atom. The molecule has 0 aliphatic carbocycles. The summed E-state index contributed by atoms with van der Waals surface area (Å²) in [5, 5.41) is 0. The molecule has 2 rings (SSSR count). The first-order valence-corrected chi connectivity index (χ1v) is 6.89. The first-order valence-electron chi connectivity index (χ1n) is 6.89. The fourth-order valence-electron chi connectivity index (χ4n) is 1.99. The molecular formula is C17H13N3O4. The number of carbonyl (C=O) groups is 3. The molecule has 2 aromatic carbocycles. The Labute approximate surface area is 137 Å². The number of hydrogen-bond donors (Lipinski definition) is 0. The van der Waals surface area contributed by atoms with Gasteiger partial charge < -0.3 is 10.3 Å². The summed E-state index contributed by atoms with van der Waals surface area (Å²) in [6.07, 6.45) is 0. The molecule has 0 spiro atoms. The van der Waals surface area contributed by atoms with Gasteiger partial charge in [-0.05, 0) is 24.3 Å². The molecule has 7 nitrogen and oxygen atoms in total. The lowest BCUT2D eigenvalue weighted by atomic mass is 10.1. The molecule has 0 saturated heterocycles. The van der Waals surface area contributed by atoms with Crippen LogP contribution in [0.3, 0.4) is 0 Å². The van der Waals surface area contributed by atoms with Gasteiger partial charge in [-0.1, -0.05) is 36.4 Å². The predicted octanol–water partition coefficient (Wildman–Crippen LogP) is 1.70. The van der Waals surface area contributed by atoms with Crippen LogP contribution in [-0.4, -0.2) is 35.4 Å². The summed E-state index contributed by atoms with van der Waals surface area (Å²) >= 11 is 0. The van der Waals surface area contributed by atoms with Gasteiger partial charge in [-0.2, -0.15) is 4.79 Å². The molecule has 24 heavy (non-hydrogen) atoms. The monoisotopic (exact) mass is 323 g/mol. The highest BCUT2D eigenvalue weighted by molar-refractivity contribution is 6.66. The number of para-hydroxylation sites is 1. The Bertz CT molecular complexity index is 812. The molecule has 0 atom stereocenters. The van der Waals surface area contributed by atoms with Gasteiger partial charge in [0.05, 0.1) is 12.8 Å². The fourth-order valence-corrected chi connectivity index (χ4v) is 1.99.